The first-order valence-corrected chi connectivity index (χ1v) is 6.20. The summed E-state index contributed by atoms with van der Waals surface area (Å²) in [6.45, 7) is 2.56. The Bertz CT molecular complexity index is 564. The minimum Gasteiger partial charge on any atom is -0.489 e. The summed E-state index contributed by atoms with van der Waals surface area (Å²) in [5.41, 5.74) is 8.11. The van der Waals surface area contributed by atoms with Crippen molar-refractivity contribution in [3.63, 3.8) is 0 Å². The number of benzene rings is 1. The highest BCUT2D eigenvalue weighted by Crippen LogP contribution is 2.14. The molecule has 0 aliphatic rings. The van der Waals surface area contributed by atoms with Gasteiger partial charge < -0.3 is 10.5 Å². The molecule has 0 aliphatic heterocycles. The number of ether oxygens (including phenoxy) is 1. The van der Waals surface area contributed by atoms with Crippen LogP contribution in [0.4, 0.5) is 0 Å². The fourth-order valence-corrected chi connectivity index (χ4v) is 1.70. The summed E-state index contributed by atoms with van der Waals surface area (Å²) >= 11 is 0. The Morgan fingerprint density at radius 1 is 1.21 bits per heavy atom. The summed E-state index contributed by atoms with van der Waals surface area (Å²) in [7, 11) is 0. The smallest absolute Gasteiger partial charge is 0.141 e. The van der Waals surface area contributed by atoms with Gasteiger partial charge in [0.1, 0.15) is 23.9 Å². The quantitative estimate of drug-likeness (QED) is 0.637. The molecule has 0 amide bonds. The number of aromatic nitrogens is 1. The Balaban J connectivity index is 2.01. The van der Waals surface area contributed by atoms with Crippen LogP contribution in [0.15, 0.2) is 42.6 Å². The maximum Gasteiger partial charge on any atom is 0.141 e. The van der Waals surface area contributed by atoms with Gasteiger partial charge in [-0.25, -0.2) is 0 Å². The Hall–Kier alpha value is -2.36. The molecule has 0 saturated heterocycles. The van der Waals surface area contributed by atoms with Crippen molar-refractivity contribution >= 4 is 5.84 Å². The van der Waals surface area contributed by atoms with E-state index in [-0.39, 0.29) is 5.84 Å². The number of rotatable bonds is 5. The standard InChI is InChI=1S/C15H17N3O/c1-2-11-3-5-13(6-4-11)19-10-12-7-8-18-14(9-12)15(16)17/h3-9H,2,10H2,1H3,(H3,16,17). The second kappa shape index (κ2) is 6.00. The monoisotopic (exact) mass is 255 g/mol. The molecule has 98 valence electrons. The van der Waals surface area contributed by atoms with Gasteiger partial charge in [-0.05, 0) is 41.8 Å². The van der Waals surface area contributed by atoms with E-state index in [1.807, 2.05) is 18.2 Å². The van der Waals surface area contributed by atoms with Gasteiger partial charge in [-0.2, -0.15) is 0 Å². The molecule has 1 aromatic carbocycles. The van der Waals surface area contributed by atoms with Crippen LogP contribution in [-0.2, 0) is 13.0 Å². The number of pyridine rings is 1. The van der Waals surface area contributed by atoms with Crippen LogP contribution in [0, 0.1) is 5.41 Å². The van der Waals surface area contributed by atoms with E-state index in [0.717, 1.165) is 17.7 Å². The first-order valence-electron chi connectivity index (χ1n) is 6.20. The zero-order valence-electron chi connectivity index (χ0n) is 10.9. The molecule has 0 atom stereocenters. The fraction of sp³-hybridized carbons (Fsp3) is 0.200. The topological polar surface area (TPSA) is 72.0 Å². The van der Waals surface area contributed by atoms with Gasteiger partial charge in [-0.3, -0.25) is 10.4 Å². The maximum absolute atomic E-state index is 7.35. The third-order valence-corrected chi connectivity index (χ3v) is 2.84. The minimum absolute atomic E-state index is 0.0332. The van der Waals surface area contributed by atoms with E-state index < -0.39 is 0 Å². The molecule has 0 unspecified atom stereocenters. The van der Waals surface area contributed by atoms with Crippen molar-refractivity contribution in [2.75, 3.05) is 0 Å². The molecule has 1 heterocycles. The summed E-state index contributed by atoms with van der Waals surface area (Å²) < 4.78 is 5.69. The highest BCUT2D eigenvalue weighted by atomic mass is 16.5. The number of nitrogens with one attached hydrogen (secondary N) is 1. The van der Waals surface area contributed by atoms with Crippen molar-refractivity contribution < 1.29 is 4.74 Å². The van der Waals surface area contributed by atoms with E-state index in [2.05, 4.69) is 24.0 Å². The lowest BCUT2D eigenvalue weighted by molar-refractivity contribution is 0.306. The fourth-order valence-electron chi connectivity index (χ4n) is 1.70. The van der Waals surface area contributed by atoms with Crippen LogP contribution in [0.2, 0.25) is 0 Å². The molecule has 4 nitrogen and oxygen atoms in total. The van der Waals surface area contributed by atoms with E-state index in [9.17, 15) is 0 Å². The van der Waals surface area contributed by atoms with Crippen molar-refractivity contribution in [2.45, 2.75) is 20.0 Å². The number of hydrogen-bond acceptors (Lipinski definition) is 3. The summed E-state index contributed by atoms with van der Waals surface area (Å²) in [6, 6.07) is 11.7. The Morgan fingerprint density at radius 3 is 2.58 bits per heavy atom. The second-order valence-corrected chi connectivity index (χ2v) is 4.25. The number of hydrogen-bond donors (Lipinski definition) is 2. The summed E-state index contributed by atoms with van der Waals surface area (Å²) in [6.07, 6.45) is 2.65. The molecule has 0 saturated carbocycles. The molecule has 3 N–H and O–H groups in total. The first kappa shape index (κ1) is 13.1. The predicted octanol–water partition coefficient (Wildman–Crippen LogP) is 2.51. The summed E-state index contributed by atoms with van der Waals surface area (Å²) in [5.74, 6) is 0.799. The molecule has 0 aliphatic carbocycles. The summed E-state index contributed by atoms with van der Waals surface area (Å²) in [5, 5.41) is 7.35. The van der Waals surface area contributed by atoms with Gasteiger partial charge in [0.05, 0.1) is 0 Å². The lowest BCUT2D eigenvalue weighted by Gasteiger charge is -2.07. The SMILES string of the molecule is CCc1ccc(OCc2ccnc(C(=N)N)c2)cc1. The van der Waals surface area contributed by atoms with Crippen molar-refractivity contribution in [3.8, 4) is 5.75 Å². The van der Waals surface area contributed by atoms with Crippen LogP contribution in [-0.4, -0.2) is 10.8 Å². The maximum atomic E-state index is 7.35. The zero-order chi connectivity index (χ0) is 13.7. The number of nitrogen functional groups attached to an aromatic ring is 1. The third kappa shape index (κ3) is 3.55. The average Bonchev–Trinajstić information content (AvgIpc) is 2.46. The van der Waals surface area contributed by atoms with Gasteiger partial charge in [-0.1, -0.05) is 19.1 Å². The van der Waals surface area contributed by atoms with Crippen molar-refractivity contribution in [2.24, 2.45) is 5.73 Å². The van der Waals surface area contributed by atoms with Gasteiger partial charge in [0.25, 0.3) is 0 Å². The van der Waals surface area contributed by atoms with Crippen molar-refractivity contribution in [3.05, 3.63) is 59.4 Å². The molecular weight excluding hydrogens is 238 g/mol. The number of nitrogens with zero attached hydrogens (tertiary/aromatic N) is 1. The summed E-state index contributed by atoms with van der Waals surface area (Å²) in [4.78, 5) is 4.01. The van der Waals surface area contributed by atoms with Gasteiger partial charge in [0.2, 0.25) is 0 Å². The molecule has 19 heavy (non-hydrogen) atoms. The molecule has 2 rings (SSSR count). The Labute approximate surface area is 112 Å². The lowest BCUT2D eigenvalue weighted by atomic mass is 10.2. The molecule has 0 spiro atoms. The van der Waals surface area contributed by atoms with Gasteiger partial charge in [0.15, 0.2) is 0 Å². The number of aryl methyl sites for hydroxylation is 1. The molecule has 1 aromatic heterocycles. The van der Waals surface area contributed by atoms with Crippen LogP contribution in [0.3, 0.4) is 0 Å². The van der Waals surface area contributed by atoms with Crippen LogP contribution < -0.4 is 10.5 Å². The highest BCUT2D eigenvalue weighted by molar-refractivity contribution is 5.93. The normalized spacial score (nSPS) is 10.2. The molecule has 2 aromatic rings. The van der Waals surface area contributed by atoms with Crippen molar-refractivity contribution in [1.82, 2.24) is 4.98 Å². The lowest BCUT2D eigenvalue weighted by Crippen LogP contribution is -2.13. The van der Waals surface area contributed by atoms with Crippen LogP contribution in [0.25, 0.3) is 0 Å². The van der Waals surface area contributed by atoms with Crippen LogP contribution in [0.1, 0.15) is 23.7 Å². The number of nitrogens with two attached hydrogens (primary N) is 1. The van der Waals surface area contributed by atoms with Crippen molar-refractivity contribution in [1.29, 1.82) is 5.41 Å². The van der Waals surface area contributed by atoms with E-state index in [0.29, 0.717) is 12.3 Å². The van der Waals surface area contributed by atoms with E-state index in [1.54, 1.807) is 12.3 Å². The van der Waals surface area contributed by atoms with Gasteiger partial charge in [0, 0.05) is 6.20 Å². The average molecular weight is 255 g/mol. The second-order valence-electron chi connectivity index (χ2n) is 4.25. The largest absolute Gasteiger partial charge is 0.489 e. The van der Waals surface area contributed by atoms with Crippen LogP contribution >= 0.6 is 0 Å². The van der Waals surface area contributed by atoms with Crippen LogP contribution in [0.5, 0.6) is 5.75 Å². The molecular formula is C15H17N3O. The van der Waals surface area contributed by atoms with Gasteiger partial charge in [-0.15, -0.1) is 0 Å². The zero-order valence-corrected chi connectivity index (χ0v) is 10.9. The molecule has 0 fully saturated rings. The van der Waals surface area contributed by atoms with E-state index in [4.69, 9.17) is 15.9 Å². The molecule has 4 heteroatoms. The minimum atomic E-state index is -0.0332. The first-order chi connectivity index (χ1) is 9.19. The number of amidine groups is 1. The highest BCUT2D eigenvalue weighted by Gasteiger charge is 2.01. The third-order valence-electron chi connectivity index (χ3n) is 2.84. The molecule has 0 radical (unpaired) electrons. The van der Waals surface area contributed by atoms with E-state index >= 15 is 0 Å². The predicted molar refractivity (Wildman–Crippen MR) is 75.4 cm³/mol. The van der Waals surface area contributed by atoms with E-state index in [1.165, 1.54) is 5.56 Å². The molecule has 0 bridgehead atoms. The Kier molecular flexibility index (Phi) is 4.13. The van der Waals surface area contributed by atoms with Gasteiger partial charge >= 0.3 is 0 Å². The Morgan fingerprint density at radius 2 is 1.95 bits per heavy atom.